The molecule has 0 radical (unpaired) electrons. The number of anilines is 1. The third kappa shape index (κ3) is 3.75. The second-order valence-corrected chi connectivity index (χ2v) is 7.26. The summed E-state index contributed by atoms with van der Waals surface area (Å²) < 4.78 is 7.79. The first-order valence-electron chi connectivity index (χ1n) is 8.82. The lowest BCUT2D eigenvalue weighted by Gasteiger charge is -2.24. The van der Waals surface area contributed by atoms with Gasteiger partial charge >= 0.3 is 0 Å². The van der Waals surface area contributed by atoms with Gasteiger partial charge in [-0.3, -0.25) is 9.48 Å². The van der Waals surface area contributed by atoms with Crippen molar-refractivity contribution in [2.75, 3.05) is 5.32 Å². The van der Waals surface area contributed by atoms with Crippen molar-refractivity contribution < 1.29 is 9.53 Å². The van der Waals surface area contributed by atoms with Gasteiger partial charge in [-0.15, -0.1) is 0 Å². The zero-order valence-corrected chi connectivity index (χ0v) is 16.0. The SMILES string of the molecule is Cc1ccc(C)c(NC(=O)c2cc3n(n2)C[C@@H](c2ccc(Cl)cc2)OC3)c1. The van der Waals surface area contributed by atoms with Crippen LogP contribution in [-0.4, -0.2) is 15.7 Å². The van der Waals surface area contributed by atoms with Crippen LogP contribution in [0.2, 0.25) is 5.02 Å². The van der Waals surface area contributed by atoms with E-state index in [-0.39, 0.29) is 12.0 Å². The Labute approximate surface area is 162 Å². The summed E-state index contributed by atoms with van der Waals surface area (Å²) >= 11 is 5.95. The summed E-state index contributed by atoms with van der Waals surface area (Å²) in [5, 5.41) is 8.14. The van der Waals surface area contributed by atoms with Gasteiger partial charge in [-0.1, -0.05) is 35.9 Å². The molecule has 1 aliphatic heterocycles. The number of carbonyl (C=O) groups excluding carboxylic acids is 1. The molecule has 6 heteroatoms. The van der Waals surface area contributed by atoms with Crippen LogP contribution in [0.15, 0.2) is 48.5 Å². The molecule has 1 atom stereocenters. The largest absolute Gasteiger partial charge is 0.365 e. The minimum Gasteiger partial charge on any atom is -0.365 e. The van der Waals surface area contributed by atoms with Crippen LogP contribution in [0.25, 0.3) is 0 Å². The molecule has 1 amide bonds. The van der Waals surface area contributed by atoms with E-state index in [4.69, 9.17) is 16.3 Å². The number of amides is 1. The topological polar surface area (TPSA) is 56.2 Å². The molecule has 4 rings (SSSR count). The van der Waals surface area contributed by atoms with Gasteiger partial charge in [0.2, 0.25) is 0 Å². The summed E-state index contributed by atoms with van der Waals surface area (Å²) in [5.41, 5.74) is 5.25. The van der Waals surface area contributed by atoms with Crippen LogP contribution >= 0.6 is 11.6 Å². The minimum absolute atomic E-state index is 0.107. The van der Waals surface area contributed by atoms with Gasteiger partial charge in [-0.2, -0.15) is 5.10 Å². The summed E-state index contributed by atoms with van der Waals surface area (Å²) in [6.07, 6.45) is -0.107. The molecular weight excluding hydrogens is 362 g/mol. The Hall–Kier alpha value is -2.63. The number of rotatable bonds is 3. The van der Waals surface area contributed by atoms with E-state index in [2.05, 4.69) is 10.4 Å². The molecule has 1 aromatic heterocycles. The van der Waals surface area contributed by atoms with E-state index < -0.39 is 0 Å². The second kappa shape index (κ2) is 7.18. The van der Waals surface area contributed by atoms with Crippen LogP contribution in [0.5, 0.6) is 0 Å². The molecular formula is C21H20ClN3O2. The molecule has 0 saturated carbocycles. The van der Waals surface area contributed by atoms with Gasteiger partial charge in [0.25, 0.3) is 5.91 Å². The van der Waals surface area contributed by atoms with E-state index in [0.717, 1.165) is 28.1 Å². The molecule has 0 fully saturated rings. The minimum atomic E-state index is -0.214. The predicted octanol–water partition coefficient (Wildman–Crippen LogP) is 4.68. The summed E-state index contributed by atoms with van der Waals surface area (Å²) in [4.78, 5) is 12.6. The summed E-state index contributed by atoms with van der Waals surface area (Å²) in [7, 11) is 0. The Balaban J connectivity index is 1.52. The van der Waals surface area contributed by atoms with E-state index >= 15 is 0 Å². The molecule has 0 aliphatic carbocycles. The fourth-order valence-corrected chi connectivity index (χ4v) is 3.30. The number of aromatic nitrogens is 2. The maximum absolute atomic E-state index is 12.6. The number of aryl methyl sites for hydroxylation is 2. The number of fused-ring (bicyclic) bond motifs is 1. The molecule has 3 aromatic rings. The van der Waals surface area contributed by atoms with Crippen molar-refractivity contribution in [3.63, 3.8) is 0 Å². The lowest BCUT2D eigenvalue weighted by atomic mass is 10.1. The average Bonchev–Trinajstić information content (AvgIpc) is 3.09. The molecule has 0 bridgehead atoms. The van der Waals surface area contributed by atoms with Crippen molar-refractivity contribution in [1.29, 1.82) is 0 Å². The number of carbonyl (C=O) groups is 1. The Bertz CT molecular complexity index is 995. The zero-order valence-electron chi connectivity index (χ0n) is 15.2. The van der Waals surface area contributed by atoms with Gasteiger partial charge in [0, 0.05) is 10.7 Å². The van der Waals surface area contributed by atoms with Gasteiger partial charge in [-0.25, -0.2) is 0 Å². The van der Waals surface area contributed by atoms with Crippen LogP contribution < -0.4 is 5.32 Å². The third-order valence-electron chi connectivity index (χ3n) is 4.75. The van der Waals surface area contributed by atoms with Crippen LogP contribution in [0.1, 0.15) is 39.0 Å². The maximum atomic E-state index is 12.6. The first-order chi connectivity index (χ1) is 13.0. The number of nitrogens with one attached hydrogen (secondary N) is 1. The number of halogens is 1. The number of benzene rings is 2. The van der Waals surface area contributed by atoms with Crippen molar-refractivity contribution in [3.05, 3.63) is 81.6 Å². The highest BCUT2D eigenvalue weighted by atomic mass is 35.5. The molecule has 0 saturated heterocycles. The highest BCUT2D eigenvalue weighted by Gasteiger charge is 2.24. The van der Waals surface area contributed by atoms with Crippen molar-refractivity contribution in [2.24, 2.45) is 0 Å². The van der Waals surface area contributed by atoms with E-state index in [0.29, 0.717) is 23.9 Å². The number of ether oxygens (including phenoxy) is 1. The van der Waals surface area contributed by atoms with Gasteiger partial charge in [0.1, 0.15) is 6.10 Å². The molecule has 0 spiro atoms. The fraction of sp³-hybridized carbons (Fsp3) is 0.238. The van der Waals surface area contributed by atoms with Gasteiger partial charge < -0.3 is 10.1 Å². The van der Waals surface area contributed by atoms with Crippen LogP contribution in [-0.2, 0) is 17.9 Å². The summed E-state index contributed by atoms with van der Waals surface area (Å²) in [6.45, 7) is 4.95. The van der Waals surface area contributed by atoms with Crippen LogP contribution in [0.4, 0.5) is 5.69 Å². The lowest BCUT2D eigenvalue weighted by Crippen LogP contribution is -2.22. The Kier molecular flexibility index (Phi) is 4.72. The summed E-state index contributed by atoms with van der Waals surface area (Å²) in [6, 6.07) is 15.4. The number of hydrogen-bond donors (Lipinski definition) is 1. The number of hydrogen-bond acceptors (Lipinski definition) is 3. The fourth-order valence-electron chi connectivity index (χ4n) is 3.17. The molecule has 27 heavy (non-hydrogen) atoms. The molecule has 138 valence electrons. The Morgan fingerprint density at radius 1 is 1.19 bits per heavy atom. The molecule has 2 aromatic carbocycles. The van der Waals surface area contributed by atoms with Crippen LogP contribution in [0.3, 0.4) is 0 Å². The Morgan fingerprint density at radius 2 is 1.96 bits per heavy atom. The molecule has 0 unspecified atom stereocenters. The van der Waals surface area contributed by atoms with Gasteiger partial charge in [-0.05, 0) is 54.8 Å². The van der Waals surface area contributed by atoms with Crippen molar-refractivity contribution in [2.45, 2.75) is 33.1 Å². The molecule has 1 aliphatic rings. The van der Waals surface area contributed by atoms with E-state index in [1.165, 1.54) is 0 Å². The highest BCUT2D eigenvalue weighted by Crippen LogP contribution is 2.27. The van der Waals surface area contributed by atoms with Gasteiger partial charge in [0.15, 0.2) is 5.69 Å². The average molecular weight is 382 g/mol. The summed E-state index contributed by atoms with van der Waals surface area (Å²) in [5.74, 6) is -0.214. The first-order valence-corrected chi connectivity index (χ1v) is 9.20. The zero-order chi connectivity index (χ0) is 19.0. The number of nitrogens with zero attached hydrogens (tertiary/aromatic N) is 2. The monoisotopic (exact) mass is 381 g/mol. The first kappa shape index (κ1) is 17.8. The maximum Gasteiger partial charge on any atom is 0.276 e. The van der Waals surface area contributed by atoms with E-state index in [1.54, 1.807) is 6.07 Å². The van der Waals surface area contributed by atoms with E-state index in [9.17, 15) is 4.79 Å². The quantitative estimate of drug-likeness (QED) is 0.716. The van der Waals surface area contributed by atoms with Gasteiger partial charge in [0.05, 0.1) is 18.8 Å². The van der Waals surface area contributed by atoms with E-state index in [1.807, 2.05) is 61.0 Å². The molecule has 2 heterocycles. The smallest absolute Gasteiger partial charge is 0.276 e. The lowest BCUT2D eigenvalue weighted by molar-refractivity contribution is -0.00118. The highest BCUT2D eigenvalue weighted by molar-refractivity contribution is 6.30. The Morgan fingerprint density at radius 3 is 2.74 bits per heavy atom. The normalized spacial score (nSPS) is 16.0. The van der Waals surface area contributed by atoms with Crippen molar-refractivity contribution >= 4 is 23.2 Å². The predicted molar refractivity (Wildman–Crippen MR) is 105 cm³/mol. The van der Waals surface area contributed by atoms with Crippen molar-refractivity contribution in [3.8, 4) is 0 Å². The standard InChI is InChI=1S/C21H20ClN3O2/c1-13-3-4-14(2)18(9-13)23-21(26)19-10-17-12-27-20(11-25(17)24-19)15-5-7-16(22)8-6-15/h3-10,20H,11-12H2,1-2H3,(H,23,26)/t20-/m0/s1. The molecule has 1 N–H and O–H groups in total. The third-order valence-corrected chi connectivity index (χ3v) is 5.00. The van der Waals surface area contributed by atoms with Crippen LogP contribution in [0, 0.1) is 13.8 Å². The second-order valence-electron chi connectivity index (χ2n) is 6.83. The van der Waals surface area contributed by atoms with Crippen molar-refractivity contribution in [1.82, 2.24) is 9.78 Å². The molecule has 5 nitrogen and oxygen atoms in total.